The van der Waals surface area contributed by atoms with Gasteiger partial charge < -0.3 is 10.1 Å². The summed E-state index contributed by atoms with van der Waals surface area (Å²) in [4.78, 5) is 43.6. The van der Waals surface area contributed by atoms with Crippen LogP contribution in [0.4, 0.5) is 18.9 Å². The first kappa shape index (κ1) is 27.3. The zero-order valence-electron chi connectivity index (χ0n) is 22.0. The molecule has 14 heteroatoms. The van der Waals surface area contributed by atoms with E-state index < -0.39 is 35.2 Å². The van der Waals surface area contributed by atoms with Gasteiger partial charge in [0.1, 0.15) is 23.3 Å². The third kappa shape index (κ3) is 4.61. The van der Waals surface area contributed by atoms with E-state index in [2.05, 4.69) is 15.4 Å². The Labute approximate surface area is 239 Å². The van der Waals surface area contributed by atoms with E-state index >= 15 is 0 Å². The largest absolute Gasteiger partial charge is 0.496 e. The van der Waals surface area contributed by atoms with E-state index in [1.54, 1.807) is 25.2 Å². The monoisotopic (exact) mass is 596 g/mol. The molecule has 10 nitrogen and oxygen atoms in total. The highest BCUT2D eigenvalue weighted by Crippen LogP contribution is 2.38. The number of hydrogen-bond acceptors (Lipinski definition) is 6. The molecule has 0 bridgehead atoms. The average molecular weight is 597 g/mol. The van der Waals surface area contributed by atoms with Crippen LogP contribution in [0.15, 0.2) is 52.3 Å². The summed E-state index contributed by atoms with van der Waals surface area (Å²) in [5, 5.41) is 7.09. The Bertz CT molecular complexity index is 2070. The number of fused-ring (bicyclic) bond motifs is 2. The molecule has 0 fully saturated rings. The van der Waals surface area contributed by atoms with Crippen LogP contribution in [0.5, 0.6) is 5.75 Å². The van der Waals surface area contributed by atoms with Crippen LogP contribution in [0.1, 0.15) is 17.0 Å². The summed E-state index contributed by atoms with van der Waals surface area (Å²) in [5.74, 6) is -3.74. The van der Waals surface area contributed by atoms with E-state index in [4.69, 9.17) is 16.3 Å². The first-order chi connectivity index (χ1) is 20.0. The summed E-state index contributed by atoms with van der Waals surface area (Å²) in [6.07, 6.45) is 1.53. The van der Waals surface area contributed by atoms with Gasteiger partial charge in [-0.25, -0.2) is 22.9 Å². The number of halogens is 4. The maximum absolute atomic E-state index is 14.8. The Morgan fingerprint density at radius 1 is 0.976 bits per heavy atom. The zero-order valence-corrected chi connectivity index (χ0v) is 22.8. The van der Waals surface area contributed by atoms with Gasteiger partial charge in [-0.2, -0.15) is 5.10 Å². The number of anilines is 1. The molecule has 1 amide bonds. The quantitative estimate of drug-likeness (QED) is 0.300. The van der Waals surface area contributed by atoms with E-state index in [0.717, 1.165) is 9.13 Å². The van der Waals surface area contributed by atoms with Crippen molar-refractivity contribution >= 4 is 34.1 Å². The van der Waals surface area contributed by atoms with Gasteiger partial charge in [-0.05, 0) is 41.5 Å². The van der Waals surface area contributed by atoms with Crippen molar-refractivity contribution in [3.05, 3.63) is 103 Å². The van der Waals surface area contributed by atoms with Gasteiger partial charge in [0.25, 0.3) is 5.56 Å². The molecule has 1 N–H and O–H groups in total. The van der Waals surface area contributed by atoms with E-state index in [-0.39, 0.29) is 51.9 Å². The second-order valence-corrected chi connectivity index (χ2v) is 10.1. The van der Waals surface area contributed by atoms with Crippen LogP contribution in [0.3, 0.4) is 0 Å². The van der Waals surface area contributed by atoms with Crippen molar-refractivity contribution in [2.24, 2.45) is 7.05 Å². The molecule has 1 aliphatic rings. The van der Waals surface area contributed by atoms with Gasteiger partial charge in [0.15, 0.2) is 17.5 Å². The average Bonchev–Trinajstić information content (AvgIpc) is 3.53. The van der Waals surface area contributed by atoms with E-state index in [9.17, 15) is 27.6 Å². The highest BCUT2D eigenvalue weighted by atomic mass is 35.5. The Morgan fingerprint density at radius 2 is 1.74 bits per heavy atom. The molecule has 5 aromatic rings. The number of ether oxygens (including phenoxy) is 1. The Kier molecular flexibility index (Phi) is 6.61. The summed E-state index contributed by atoms with van der Waals surface area (Å²) in [7, 11) is 2.95. The number of nitrogens with one attached hydrogen (secondary N) is 1. The molecule has 3 aromatic carbocycles. The number of rotatable bonds is 6. The third-order valence-corrected chi connectivity index (χ3v) is 7.32. The van der Waals surface area contributed by atoms with Crippen molar-refractivity contribution in [3.63, 3.8) is 0 Å². The summed E-state index contributed by atoms with van der Waals surface area (Å²) >= 11 is 6.57. The number of methoxy groups -OCH3 is 1. The number of amides is 1. The standard InChI is InChI=1S/C28H20ClF3N6O4/c1-36-12-33-24(35-36)11-38-27(40)26-22(37(28(38)41)10-15-4-19(31)20(32)9-18(15)30)5-13(6-23(26)42-2)16-3-14-7-25(39)34-21(14)8-17(16)29/h3-6,8-9,12H,7,10-11H2,1-2H3,(H,34,39). The Balaban J connectivity index is 1.64. The zero-order chi connectivity index (χ0) is 29.9. The molecular weight excluding hydrogens is 577 g/mol. The topological polar surface area (TPSA) is 113 Å². The van der Waals surface area contributed by atoms with Crippen LogP contribution in [0, 0.1) is 17.5 Å². The van der Waals surface area contributed by atoms with Gasteiger partial charge in [0, 0.05) is 29.9 Å². The lowest BCUT2D eigenvalue weighted by atomic mass is 9.99. The molecule has 6 rings (SSSR count). The second kappa shape index (κ2) is 10.2. The fourth-order valence-corrected chi connectivity index (χ4v) is 5.30. The summed E-state index contributed by atoms with van der Waals surface area (Å²) in [6.45, 7) is -0.880. The molecule has 0 atom stereocenters. The number of aromatic nitrogens is 5. The molecule has 3 heterocycles. The van der Waals surface area contributed by atoms with Crippen LogP contribution in [0.25, 0.3) is 22.0 Å². The molecule has 0 saturated carbocycles. The second-order valence-electron chi connectivity index (χ2n) is 9.74. The first-order valence-electron chi connectivity index (χ1n) is 12.5. The molecular formula is C28H20ClF3N6O4. The number of aryl methyl sites for hydroxylation is 1. The van der Waals surface area contributed by atoms with Gasteiger partial charge in [-0.15, -0.1) is 0 Å². The molecule has 2 aromatic heterocycles. The molecule has 42 heavy (non-hydrogen) atoms. The Morgan fingerprint density at radius 3 is 2.45 bits per heavy atom. The molecule has 0 saturated heterocycles. The van der Waals surface area contributed by atoms with Gasteiger partial charge in [0.2, 0.25) is 5.91 Å². The van der Waals surface area contributed by atoms with Gasteiger partial charge in [-0.3, -0.25) is 23.4 Å². The highest BCUT2D eigenvalue weighted by Gasteiger charge is 2.24. The minimum atomic E-state index is -1.39. The van der Waals surface area contributed by atoms with Crippen molar-refractivity contribution < 1.29 is 22.7 Å². The first-order valence-corrected chi connectivity index (χ1v) is 12.9. The number of hydrogen-bond donors (Lipinski definition) is 1. The van der Waals surface area contributed by atoms with Gasteiger partial charge in [-0.1, -0.05) is 11.6 Å². The van der Waals surface area contributed by atoms with Crippen molar-refractivity contribution in [1.29, 1.82) is 0 Å². The normalized spacial score (nSPS) is 12.6. The highest BCUT2D eigenvalue weighted by molar-refractivity contribution is 6.34. The van der Waals surface area contributed by atoms with Crippen LogP contribution in [0.2, 0.25) is 5.02 Å². The van der Waals surface area contributed by atoms with Crippen molar-refractivity contribution in [2.75, 3.05) is 12.4 Å². The number of nitrogens with zero attached hydrogens (tertiary/aromatic N) is 5. The Hall–Kier alpha value is -4.91. The predicted octanol–water partition coefficient (Wildman–Crippen LogP) is 3.63. The fraction of sp³-hybridized carbons (Fsp3) is 0.179. The van der Waals surface area contributed by atoms with E-state index in [1.807, 2.05) is 0 Å². The van der Waals surface area contributed by atoms with Crippen LogP contribution in [-0.2, 0) is 31.4 Å². The van der Waals surface area contributed by atoms with Gasteiger partial charge >= 0.3 is 5.69 Å². The molecule has 214 valence electrons. The predicted molar refractivity (Wildman–Crippen MR) is 147 cm³/mol. The van der Waals surface area contributed by atoms with Crippen LogP contribution < -0.4 is 21.3 Å². The van der Waals surface area contributed by atoms with E-state index in [1.165, 1.54) is 24.2 Å². The fourth-order valence-electron chi connectivity index (χ4n) is 5.03. The van der Waals surface area contributed by atoms with Crippen molar-refractivity contribution in [1.82, 2.24) is 23.9 Å². The van der Waals surface area contributed by atoms with Gasteiger partial charge in [0.05, 0.1) is 37.2 Å². The van der Waals surface area contributed by atoms with E-state index in [0.29, 0.717) is 34.5 Å². The molecule has 1 aliphatic heterocycles. The lowest BCUT2D eigenvalue weighted by molar-refractivity contribution is -0.115. The molecule has 0 aliphatic carbocycles. The number of benzene rings is 3. The SMILES string of the molecule is COc1cc(-c2cc3c(cc2Cl)NC(=O)C3)cc2c1c(=O)n(Cc1ncn(C)n1)c(=O)n2Cc1cc(F)c(F)cc1F. The third-order valence-electron chi connectivity index (χ3n) is 7.01. The summed E-state index contributed by atoms with van der Waals surface area (Å²) in [6, 6.07) is 7.40. The minimum Gasteiger partial charge on any atom is -0.496 e. The smallest absolute Gasteiger partial charge is 0.332 e. The molecule has 0 radical (unpaired) electrons. The van der Waals surface area contributed by atoms with Crippen LogP contribution in [-0.4, -0.2) is 36.9 Å². The minimum absolute atomic E-state index is 0.0273. The number of carbonyl (C=O) groups excluding carboxylic acids is 1. The summed E-state index contributed by atoms with van der Waals surface area (Å²) in [5.41, 5.74) is 0.250. The van der Waals surface area contributed by atoms with Crippen molar-refractivity contribution in [3.8, 4) is 16.9 Å². The number of carbonyl (C=O) groups is 1. The lowest BCUT2D eigenvalue weighted by Gasteiger charge is -2.18. The van der Waals surface area contributed by atoms with Crippen LogP contribution >= 0.6 is 11.6 Å². The maximum Gasteiger partial charge on any atom is 0.332 e. The van der Waals surface area contributed by atoms with Crippen molar-refractivity contribution in [2.45, 2.75) is 19.5 Å². The summed E-state index contributed by atoms with van der Waals surface area (Å²) < 4.78 is 51.5. The maximum atomic E-state index is 14.8. The lowest BCUT2D eigenvalue weighted by Crippen LogP contribution is -2.41. The molecule has 0 spiro atoms. The molecule has 0 unspecified atom stereocenters.